The monoisotopic (exact) mass is 375 g/mol. The van der Waals surface area contributed by atoms with Crippen molar-refractivity contribution in [2.75, 3.05) is 12.4 Å². The topological polar surface area (TPSA) is 56.3 Å². The fourth-order valence-electron chi connectivity index (χ4n) is 2.36. The summed E-state index contributed by atoms with van der Waals surface area (Å²) < 4.78 is 46.2. The van der Waals surface area contributed by atoms with E-state index in [9.17, 15) is 13.2 Å². The van der Waals surface area contributed by atoms with Gasteiger partial charge in [-0.25, -0.2) is 9.97 Å². The minimum absolute atomic E-state index is 0.294. The quantitative estimate of drug-likeness (QED) is 0.679. The highest BCUT2D eigenvalue weighted by atomic mass is 19.4. The van der Waals surface area contributed by atoms with Gasteiger partial charge in [0, 0.05) is 18.3 Å². The van der Waals surface area contributed by atoms with E-state index in [4.69, 9.17) is 4.74 Å². The van der Waals surface area contributed by atoms with Gasteiger partial charge in [-0.05, 0) is 35.9 Å². The summed E-state index contributed by atoms with van der Waals surface area (Å²) in [5, 5.41) is 3.16. The summed E-state index contributed by atoms with van der Waals surface area (Å²) in [6.45, 7) is 0.525. The molecule has 3 aromatic rings. The molecule has 0 saturated heterocycles. The van der Waals surface area contributed by atoms with E-state index < -0.39 is 6.36 Å². The molecular formula is C19H16F3N3O2. The first-order valence-electron chi connectivity index (χ1n) is 7.99. The van der Waals surface area contributed by atoms with Gasteiger partial charge < -0.3 is 14.8 Å². The highest BCUT2D eigenvalue weighted by molar-refractivity contribution is 5.59. The SMILES string of the molecule is COc1ccc(CNc2ccnc(-c3cccc(OC(F)(F)F)c3)n2)cc1. The van der Waals surface area contributed by atoms with Gasteiger partial charge >= 0.3 is 6.36 Å². The molecule has 0 aliphatic rings. The zero-order valence-corrected chi connectivity index (χ0v) is 14.3. The van der Waals surface area contributed by atoms with Gasteiger partial charge in [-0.1, -0.05) is 24.3 Å². The summed E-state index contributed by atoms with van der Waals surface area (Å²) >= 11 is 0. The molecule has 0 atom stereocenters. The predicted molar refractivity (Wildman–Crippen MR) is 94.5 cm³/mol. The number of halogens is 3. The fourth-order valence-corrected chi connectivity index (χ4v) is 2.36. The normalized spacial score (nSPS) is 11.1. The van der Waals surface area contributed by atoms with Gasteiger partial charge in [-0.15, -0.1) is 13.2 Å². The van der Waals surface area contributed by atoms with E-state index in [1.54, 1.807) is 19.2 Å². The van der Waals surface area contributed by atoms with Crippen molar-refractivity contribution in [1.29, 1.82) is 0 Å². The molecule has 1 heterocycles. The summed E-state index contributed by atoms with van der Waals surface area (Å²) in [4.78, 5) is 8.47. The summed E-state index contributed by atoms with van der Waals surface area (Å²) in [6.07, 6.45) is -3.21. The third kappa shape index (κ3) is 5.34. The number of anilines is 1. The van der Waals surface area contributed by atoms with Crippen molar-refractivity contribution >= 4 is 5.82 Å². The standard InChI is InChI=1S/C19H16F3N3O2/c1-26-15-7-5-13(6-8-15)12-24-17-9-10-23-18(25-17)14-3-2-4-16(11-14)27-19(20,21)22/h2-11H,12H2,1H3,(H,23,24,25). The van der Waals surface area contributed by atoms with Crippen LogP contribution in [0.4, 0.5) is 19.0 Å². The summed E-state index contributed by atoms with van der Waals surface area (Å²) in [7, 11) is 1.60. The van der Waals surface area contributed by atoms with Crippen LogP contribution in [0.25, 0.3) is 11.4 Å². The zero-order chi connectivity index (χ0) is 19.3. The van der Waals surface area contributed by atoms with Crippen LogP contribution >= 0.6 is 0 Å². The predicted octanol–water partition coefficient (Wildman–Crippen LogP) is 4.66. The number of hydrogen-bond acceptors (Lipinski definition) is 5. The maximum absolute atomic E-state index is 12.4. The van der Waals surface area contributed by atoms with Crippen molar-refractivity contribution in [3.63, 3.8) is 0 Å². The molecule has 5 nitrogen and oxygen atoms in total. The lowest BCUT2D eigenvalue weighted by Crippen LogP contribution is -2.17. The first kappa shape index (κ1) is 18.5. The van der Waals surface area contributed by atoms with Crippen LogP contribution in [-0.2, 0) is 6.54 Å². The Morgan fingerprint density at radius 2 is 1.78 bits per heavy atom. The number of methoxy groups -OCH3 is 1. The Hall–Kier alpha value is -3.29. The van der Waals surface area contributed by atoms with E-state index in [1.807, 2.05) is 24.3 Å². The molecule has 0 aliphatic carbocycles. The van der Waals surface area contributed by atoms with Crippen LogP contribution in [-0.4, -0.2) is 23.4 Å². The van der Waals surface area contributed by atoms with E-state index in [0.717, 1.165) is 11.3 Å². The Morgan fingerprint density at radius 3 is 2.48 bits per heavy atom. The fraction of sp³-hybridized carbons (Fsp3) is 0.158. The van der Waals surface area contributed by atoms with Gasteiger partial charge in [0.2, 0.25) is 0 Å². The Balaban J connectivity index is 1.72. The number of rotatable bonds is 6. The molecule has 1 N–H and O–H groups in total. The van der Waals surface area contributed by atoms with Gasteiger partial charge in [-0.3, -0.25) is 0 Å². The third-order valence-corrected chi connectivity index (χ3v) is 3.61. The van der Waals surface area contributed by atoms with Crippen molar-refractivity contribution in [1.82, 2.24) is 9.97 Å². The zero-order valence-electron chi connectivity index (χ0n) is 14.3. The Labute approximate surface area is 153 Å². The van der Waals surface area contributed by atoms with Crippen molar-refractivity contribution in [3.05, 3.63) is 66.4 Å². The molecule has 2 aromatic carbocycles. The number of aromatic nitrogens is 2. The Bertz CT molecular complexity index is 899. The average molecular weight is 375 g/mol. The molecule has 0 spiro atoms. The first-order valence-corrected chi connectivity index (χ1v) is 7.99. The second-order valence-corrected chi connectivity index (χ2v) is 5.54. The lowest BCUT2D eigenvalue weighted by atomic mass is 10.2. The van der Waals surface area contributed by atoms with Crippen LogP contribution in [0.2, 0.25) is 0 Å². The van der Waals surface area contributed by atoms with E-state index in [2.05, 4.69) is 20.0 Å². The summed E-state index contributed by atoms with van der Waals surface area (Å²) in [5.41, 5.74) is 1.45. The van der Waals surface area contributed by atoms with Crippen molar-refractivity contribution in [2.24, 2.45) is 0 Å². The van der Waals surface area contributed by atoms with Gasteiger partial charge in [0.15, 0.2) is 5.82 Å². The van der Waals surface area contributed by atoms with Crippen LogP contribution in [0, 0.1) is 0 Å². The van der Waals surface area contributed by atoms with Crippen LogP contribution in [0.5, 0.6) is 11.5 Å². The van der Waals surface area contributed by atoms with Gasteiger partial charge in [0.05, 0.1) is 7.11 Å². The highest BCUT2D eigenvalue weighted by Crippen LogP contribution is 2.26. The smallest absolute Gasteiger partial charge is 0.497 e. The number of ether oxygens (including phenoxy) is 2. The molecule has 1 aromatic heterocycles. The summed E-state index contributed by atoms with van der Waals surface area (Å²) in [5.74, 6) is 1.30. The van der Waals surface area contributed by atoms with Gasteiger partial charge in [0.25, 0.3) is 0 Å². The largest absolute Gasteiger partial charge is 0.573 e. The Kier molecular flexibility index (Phi) is 5.44. The van der Waals surface area contributed by atoms with E-state index in [1.165, 1.54) is 24.4 Å². The molecule has 0 saturated carbocycles. The lowest BCUT2D eigenvalue weighted by Gasteiger charge is -2.10. The molecule has 140 valence electrons. The summed E-state index contributed by atoms with van der Waals surface area (Å²) in [6, 6.07) is 14.8. The van der Waals surface area contributed by atoms with Crippen LogP contribution in [0.1, 0.15) is 5.56 Å². The van der Waals surface area contributed by atoms with Crippen LogP contribution in [0.15, 0.2) is 60.8 Å². The molecule has 0 radical (unpaired) electrons. The number of benzene rings is 2. The molecule has 0 bridgehead atoms. The van der Waals surface area contributed by atoms with E-state index in [-0.39, 0.29) is 5.75 Å². The van der Waals surface area contributed by atoms with E-state index >= 15 is 0 Å². The molecule has 0 unspecified atom stereocenters. The number of nitrogens with zero attached hydrogens (tertiary/aromatic N) is 2. The van der Waals surface area contributed by atoms with E-state index in [0.29, 0.717) is 23.8 Å². The minimum atomic E-state index is -4.75. The van der Waals surface area contributed by atoms with Crippen LogP contribution in [0.3, 0.4) is 0 Å². The third-order valence-electron chi connectivity index (χ3n) is 3.61. The maximum atomic E-state index is 12.4. The molecule has 0 amide bonds. The van der Waals surface area contributed by atoms with Gasteiger partial charge in [-0.2, -0.15) is 0 Å². The molecule has 27 heavy (non-hydrogen) atoms. The maximum Gasteiger partial charge on any atom is 0.573 e. The molecule has 8 heteroatoms. The van der Waals surface area contributed by atoms with Crippen molar-refractivity contribution in [3.8, 4) is 22.9 Å². The molecular weight excluding hydrogens is 359 g/mol. The van der Waals surface area contributed by atoms with Crippen LogP contribution < -0.4 is 14.8 Å². The number of alkyl halides is 3. The second-order valence-electron chi connectivity index (χ2n) is 5.54. The average Bonchev–Trinajstić information content (AvgIpc) is 2.66. The number of nitrogens with one attached hydrogen (secondary N) is 1. The minimum Gasteiger partial charge on any atom is -0.497 e. The molecule has 3 rings (SSSR count). The second kappa shape index (κ2) is 7.94. The molecule has 0 fully saturated rings. The lowest BCUT2D eigenvalue weighted by molar-refractivity contribution is -0.274. The first-order chi connectivity index (χ1) is 12.9. The molecule has 0 aliphatic heterocycles. The van der Waals surface area contributed by atoms with Gasteiger partial charge in [0.1, 0.15) is 17.3 Å². The Morgan fingerprint density at radius 1 is 1.00 bits per heavy atom. The van der Waals surface area contributed by atoms with Crippen molar-refractivity contribution in [2.45, 2.75) is 12.9 Å². The highest BCUT2D eigenvalue weighted by Gasteiger charge is 2.31. The van der Waals surface area contributed by atoms with Crippen molar-refractivity contribution < 1.29 is 22.6 Å². The number of hydrogen-bond donors (Lipinski definition) is 1.